The van der Waals surface area contributed by atoms with Gasteiger partial charge in [0.25, 0.3) is 0 Å². The third-order valence-electron chi connectivity index (χ3n) is 3.78. The molecular weight excluding hydrogens is 253 g/mol. The van der Waals surface area contributed by atoms with Crippen LogP contribution in [0, 0.1) is 11.6 Å². The lowest BCUT2D eigenvalue weighted by molar-refractivity contribution is 0.00578. The maximum Gasteiger partial charge on any atom is 0.497 e. The Morgan fingerprint density at radius 1 is 1.00 bits per heavy atom. The third kappa shape index (κ3) is 2.34. The van der Waals surface area contributed by atoms with Crippen LogP contribution in [0.1, 0.15) is 27.7 Å². The molecule has 0 saturated carbocycles. The Bertz CT molecular complexity index is 487. The molecule has 0 bridgehead atoms. The van der Waals surface area contributed by atoms with Crippen LogP contribution in [0.25, 0.3) is 0 Å². The van der Waals surface area contributed by atoms with Crippen molar-refractivity contribution < 1.29 is 22.8 Å². The summed E-state index contributed by atoms with van der Waals surface area (Å²) in [7, 11) is 0.358. The van der Waals surface area contributed by atoms with Crippen molar-refractivity contribution in [3.8, 4) is 5.75 Å². The predicted octanol–water partition coefficient (Wildman–Crippen LogP) is 2.27. The number of hydrogen-bond donors (Lipinski definition) is 0. The monoisotopic (exact) mass is 270 g/mol. The molecule has 1 heterocycles. The van der Waals surface area contributed by atoms with Crippen LogP contribution in [-0.2, 0) is 9.31 Å². The number of benzene rings is 1. The van der Waals surface area contributed by atoms with Gasteiger partial charge in [-0.15, -0.1) is 0 Å². The Morgan fingerprint density at radius 2 is 1.53 bits per heavy atom. The van der Waals surface area contributed by atoms with Crippen LogP contribution in [0.2, 0.25) is 0 Å². The van der Waals surface area contributed by atoms with E-state index in [4.69, 9.17) is 14.0 Å². The van der Waals surface area contributed by atoms with Crippen LogP contribution >= 0.6 is 0 Å². The van der Waals surface area contributed by atoms with Crippen molar-refractivity contribution in [1.29, 1.82) is 0 Å². The van der Waals surface area contributed by atoms with Crippen molar-refractivity contribution in [3.05, 3.63) is 23.8 Å². The van der Waals surface area contributed by atoms with Crippen LogP contribution in [0.5, 0.6) is 5.75 Å². The lowest BCUT2D eigenvalue weighted by atomic mass is 9.78. The maximum absolute atomic E-state index is 14.0. The largest absolute Gasteiger partial charge is 0.497 e. The summed E-state index contributed by atoms with van der Waals surface area (Å²) < 4.78 is 43.7. The zero-order valence-electron chi connectivity index (χ0n) is 11.7. The fourth-order valence-electron chi connectivity index (χ4n) is 1.85. The van der Waals surface area contributed by atoms with Crippen molar-refractivity contribution in [2.45, 2.75) is 38.9 Å². The molecule has 0 atom stereocenters. The molecule has 3 nitrogen and oxygen atoms in total. The van der Waals surface area contributed by atoms with Crippen LogP contribution in [-0.4, -0.2) is 25.4 Å². The molecule has 1 aromatic rings. The molecule has 1 saturated heterocycles. The van der Waals surface area contributed by atoms with Gasteiger partial charge in [0.15, 0.2) is 11.6 Å². The van der Waals surface area contributed by atoms with Crippen LogP contribution in [0.3, 0.4) is 0 Å². The first-order valence-corrected chi connectivity index (χ1v) is 6.06. The normalized spacial score (nSPS) is 20.7. The highest BCUT2D eigenvalue weighted by molar-refractivity contribution is 6.62. The van der Waals surface area contributed by atoms with E-state index in [1.54, 1.807) is 0 Å². The Hall–Kier alpha value is -1.14. The van der Waals surface area contributed by atoms with Gasteiger partial charge in [0.2, 0.25) is 0 Å². The van der Waals surface area contributed by atoms with Crippen molar-refractivity contribution >= 4 is 12.6 Å². The minimum absolute atomic E-state index is 0.0388. The molecule has 1 fully saturated rings. The second-order valence-electron chi connectivity index (χ2n) is 5.60. The van der Waals surface area contributed by atoms with E-state index in [9.17, 15) is 8.78 Å². The smallest absolute Gasteiger partial charge is 0.494 e. The zero-order valence-corrected chi connectivity index (χ0v) is 11.7. The molecule has 0 spiro atoms. The first kappa shape index (κ1) is 14.3. The average Bonchev–Trinajstić information content (AvgIpc) is 2.50. The Kier molecular flexibility index (Phi) is 3.35. The second kappa shape index (κ2) is 4.46. The molecule has 0 N–H and O–H groups in total. The summed E-state index contributed by atoms with van der Waals surface area (Å²) in [6, 6.07) is 2.05. The summed E-state index contributed by atoms with van der Waals surface area (Å²) in [5.74, 6) is -1.40. The summed E-state index contributed by atoms with van der Waals surface area (Å²) in [4.78, 5) is 0. The van der Waals surface area contributed by atoms with E-state index in [0.29, 0.717) is 0 Å². The number of rotatable bonds is 2. The standard InChI is InChI=1S/C13H17BF2O3/c1-12(2)13(3,4)19-14(18-12)8-6-10(16)11(17-5)7-9(8)15/h6-7H,1-5H3. The van der Waals surface area contributed by atoms with Crippen LogP contribution in [0.15, 0.2) is 12.1 Å². The van der Waals surface area contributed by atoms with Gasteiger partial charge in [-0.2, -0.15) is 0 Å². The molecule has 0 radical (unpaired) electrons. The van der Waals surface area contributed by atoms with E-state index in [1.165, 1.54) is 7.11 Å². The molecule has 1 aliphatic heterocycles. The molecule has 2 rings (SSSR count). The van der Waals surface area contributed by atoms with Gasteiger partial charge in [-0.1, -0.05) is 0 Å². The van der Waals surface area contributed by atoms with Crippen molar-refractivity contribution in [2.75, 3.05) is 7.11 Å². The summed E-state index contributed by atoms with van der Waals surface area (Å²) in [6.07, 6.45) is 0. The van der Waals surface area contributed by atoms with Crippen molar-refractivity contribution in [2.24, 2.45) is 0 Å². The summed E-state index contributed by atoms with van der Waals surface area (Å²) in [6.45, 7) is 7.41. The van der Waals surface area contributed by atoms with Crippen LogP contribution < -0.4 is 10.2 Å². The van der Waals surface area contributed by atoms with E-state index >= 15 is 0 Å². The van der Waals surface area contributed by atoms with Gasteiger partial charge in [0, 0.05) is 11.5 Å². The Morgan fingerprint density at radius 3 is 2.00 bits per heavy atom. The summed E-state index contributed by atoms with van der Waals surface area (Å²) in [5.41, 5.74) is -1.15. The highest BCUT2D eigenvalue weighted by Crippen LogP contribution is 2.36. The Labute approximate surface area is 112 Å². The summed E-state index contributed by atoms with van der Waals surface area (Å²) >= 11 is 0. The minimum Gasteiger partial charge on any atom is -0.494 e. The first-order valence-electron chi connectivity index (χ1n) is 6.06. The molecule has 0 aliphatic carbocycles. The fourth-order valence-corrected chi connectivity index (χ4v) is 1.85. The molecule has 1 aromatic carbocycles. The van der Waals surface area contributed by atoms with E-state index in [-0.39, 0.29) is 11.2 Å². The third-order valence-corrected chi connectivity index (χ3v) is 3.78. The molecule has 19 heavy (non-hydrogen) atoms. The lowest BCUT2D eigenvalue weighted by Gasteiger charge is -2.32. The number of halogens is 2. The lowest BCUT2D eigenvalue weighted by Crippen LogP contribution is -2.41. The van der Waals surface area contributed by atoms with Gasteiger partial charge in [-0.25, -0.2) is 8.78 Å². The zero-order chi connectivity index (χ0) is 14.4. The Balaban J connectivity index is 2.37. The van der Waals surface area contributed by atoms with Gasteiger partial charge >= 0.3 is 7.12 Å². The molecule has 0 unspecified atom stereocenters. The van der Waals surface area contributed by atoms with Crippen molar-refractivity contribution in [3.63, 3.8) is 0 Å². The van der Waals surface area contributed by atoms with Gasteiger partial charge < -0.3 is 14.0 Å². The molecule has 6 heteroatoms. The van der Waals surface area contributed by atoms with E-state index in [0.717, 1.165) is 12.1 Å². The van der Waals surface area contributed by atoms with E-state index in [1.807, 2.05) is 27.7 Å². The molecule has 1 aliphatic rings. The predicted molar refractivity (Wildman–Crippen MR) is 68.6 cm³/mol. The fraction of sp³-hybridized carbons (Fsp3) is 0.538. The molecular formula is C13H17BF2O3. The van der Waals surface area contributed by atoms with E-state index in [2.05, 4.69) is 0 Å². The molecule has 0 amide bonds. The van der Waals surface area contributed by atoms with Gasteiger partial charge in [0.05, 0.1) is 18.3 Å². The topological polar surface area (TPSA) is 27.7 Å². The van der Waals surface area contributed by atoms with Gasteiger partial charge in [-0.3, -0.25) is 0 Å². The van der Waals surface area contributed by atoms with Gasteiger partial charge in [-0.05, 0) is 33.8 Å². The minimum atomic E-state index is -0.926. The van der Waals surface area contributed by atoms with Crippen molar-refractivity contribution in [1.82, 2.24) is 0 Å². The molecule has 104 valence electrons. The molecule has 0 aromatic heterocycles. The number of ether oxygens (including phenoxy) is 1. The van der Waals surface area contributed by atoms with E-state index < -0.39 is 30.0 Å². The van der Waals surface area contributed by atoms with Gasteiger partial charge in [0.1, 0.15) is 5.82 Å². The quantitative estimate of drug-likeness (QED) is 0.771. The summed E-state index contributed by atoms with van der Waals surface area (Å²) in [5, 5.41) is 0. The average molecular weight is 270 g/mol. The van der Waals surface area contributed by atoms with Crippen LogP contribution in [0.4, 0.5) is 8.78 Å². The maximum atomic E-state index is 14.0. The SMILES string of the molecule is COc1cc(F)c(B2OC(C)(C)C(C)(C)O2)cc1F. The number of hydrogen-bond acceptors (Lipinski definition) is 3. The second-order valence-corrected chi connectivity index (χ2v) is 5.60. The highest BCUT2D eigenvalue weighted by atomic mass is 19.1. The highest BCUT2D eigenvalue weighted by Gasteiger charge is 2.52. The first-order chi connectivity index (χ1) is 8.68. The number of methoxy groups -OCH3 is 1.